The van der Waals surface area contributed by atoms with Crippen molar-refractivity contribution in [3.05, 3.63) is 47.5 Å². The second kappa shape index (κ2) is 10.3. The van der Waals surface area contributed by atoms with Crippen LogP contribution in [0.5, 0.6) is 11.5 Å². The molecule has 3 rings (SSSR count). The number of hydrogen-bond acceptors (Lipinski definition) is 6. The molecule has 0 unspecified atom stereocenters. The zero-order valence-corrected chi connectivity index (χ0v) is 19.7. The summed E-state index contributed by atoms with van der Waals surface area (Å²) in [7, 11) is -2.25. The number of methoxy groups -OCH3 is 1. The van der Waals surface area contributed by atoms with Crippen molar-refractivity contribution >= 4 is 21.6 Å². The topological polar surface area (TPSA) is 94.2 Å². The van der Waals surface area contributed by atoms with Gasteiger partial charge >= 0.3 is 0 Å². The molecule has 0 radical (unpaired) electrons. The van der Waals surface area contributed by atoms with E-state index in [-0.39, 0.29) is 29.6 Å². The lowest BCUT2D eigenvalue weighted by molar-refractivity contribution is -0.122. The van der Waals surface area contributed by atoms with Crippen molar-refractivity contribution in [2.24, 2.45) is 0 Å². The molecule has 0 aliphatic carbocycles. The van der Waals surface area contributed by atoms with Crippen molar-refractivity contribution in [3.8, 4) is 11.5 Å². The molecule has 2 aromatic rings. The monoisotopic (exact) mass is 462 g/mol. The molecule has 8 nitrogen and oxygen atoms in total. The van der Waals surface area contributed by atoms with Crippen LogP contribution in [-0.4, -0.2) is 58.1 Å². The molecule has 1 aliphatic heterocycles. The van der Waals surface area contributed by atoms with Gasteiger partial charge in [0.2, 0.25) is 10.0 Å². The summed E-state index contributed by atoms with van der Waals surface area (Å²) in [6.45, 7) is 7.12. The third-order valence-electron chi connectivity index (χ3n) is 5.46. The number of carbonyl (C=O) groups is 1. The van der Waals surface area contributed by atoms with Gasteiger partial charge in [0.25, 0.3) is 5.91 Å². The van der Waals surface area contributed by atoms with Crippen LogP contribution < -0.4 is 14.8 Å². The van der Waals surface area contributed by atoms with Crippen molar-refractivity contribution in [1.29, 1.82) is 0 Å². The van der Waals surface area contributed by atoms with E-state index in [2.05, 4.69) is 5.32 Å². The number of nitrogens with one attached hydrogen (secondary N) is 1. The number of hydrogen-bond donors (Lipinski definition) is 1. The van der Waals surface area contributed by atoms with Crippen LogP contribution in [0.4, 0.5) is 5.69 Å². The van der Waals surface area contributed by atoms with Crippen molar-refractivity contribution in [2.75, 3.05) is 38.7 Å². The van der Waals surface area contributed by atoms with E-state index in [1.165, 1.54) is 29.6 Å². The molecule has 1 aliphatic rings. The maximum atomic E-state index is 13.0. The van der Waals surface area contributed by atoms with E-state index in [4.69, 9.17) is 14.2 Å². The van der Waals surface area contributed by atoms with Crippen molar-refractivity contribution in [1.82, 2.24) is 4.31 Å². The Morgan fingerprint density at radius 1 is 1.12 bits per heavy atom. The van der Waals surface area contributed by atoms with Crippen molar-refractivity contribution in [3.63, 3.8) is 0 Å². The number of nitrogens with zero attached hydrogens (tertiary/aromatic N) is 1. The number of anilines is 1. The number of carbonyl (C=O) groups excluding carboxylic acids is 1. The number of aryl methyl sites for hydroxylation is 2. The molecule has 1 amide bonds. The molecular weight excluding hydrogens is 432 g/mol. The normalized spacial score (nSPS) is 15.8. The van der Waals surface area contributed by atoms with E-state index in [1.807, 2.05) is 39.0 Å². The van der Waals surface area contributed by atoms with Gasteiger partial charge in [-0.1, -0.05) is 13.0 Å². The van der Waals surface area contributed by atoms with Gasteiger partial charge in [0.15, 0.2) is 6.10 Å². The molecule has 0 saturated carbocycles. The van der Waals surface area contributed by atoms with Gasteiger partial charge in [0.1, 0.15) is 11.5 Å². The highest BCUT2D eigenvalue weighted by Gasteiger charge is 2.28. The molecular formula is C23H30N2O6S. The molecule has 32 heavy (non-hydrogen) atoms. The van der Waals surface area contributed by atoms with Crippen LogP contribution in [0, 0.1) is 13.8 Å². The number of ether oxygens (including phenoxy) is 3. The average molecular weight is 463 g/mol. The number of amides is 1. The van der Waals surface area contributed by atoms with Gasteiger partial charge in [0.05, 0.1) is 30.9 Å². The van der Waals surface area contributed by atoms with E-state index in [0.29, 0.717) is 31.1 Å². The van der Waals surface area contributed by atoms with Crippen LogP contribution in [0.1, 0.15) is 24.5 Å². The van der Waals surface area contributed by atoms with Crippen LogP contribution in [0.2, 0.25) is 0 Å². The fourth-order valence-corrected chi connectivity index (χ4v) is 4.80. The van der Waals surface area contributed by atoms with E-state index in [9.17, 15) is 13.2 Å². The summed E-state index contributed by atoms with van der Waals surface area (Å²) in [6, 6.07) is 10.1. The van der Waals surface area contributed by atoms with E-state index in [0.717, 1.165) is 11.1 Å². The van der Waals surface area contributed by atoms with Gasteiger partial charge in [-0.3, -0.25) is 4.79 Å². The number of rotatable bonds is 8. The molecule has 1 fully saturated rings. The van der Waals surface area contributed by atoms with Gasteiger partial charge in [-0.05, 0) is 61.7 Å². The second-order valence-corrected chi connectivity index (χ2v) is 9.57. The van der Waals surface area contributed by atoms with E-state index >= 15 is 0 Å². The van der Waals surface area contributed by atoms with Crippen LogP contribution in [0.25, 0.3) is 0 Å². The lowest BCUT2D eigenvalue weighted by atomic mass is 10.1. The molecule has 1 heterocycles. The van der Waals surface area contributed by atoms with Gasteiger partial charge in [-0.2, -0.15) is 4.31 Å². The maximum Gasteiger partial charge on any atom is 0.265 e. The predicted octanol–water partition coefficient (Wildman–Crippen LogP) is 3.13. The Morgan fingerprint density at radius 3 is 2.47 bits per heavy atom. The Kier molecular flexibility index (Phi) is 7.76. The summed E-state index contributed by atoms with van der Waals surface area (Å²) in [4.78, 5) is 13.0. The first-order valence-electron chi connectivity index (χ1n) is 10.6. The van der Waals surface area contributed by atoms with Crippen molar-refractivity contribution in [2.45, 2.75) is 38.2 Å². The lowest BCUT2D eigenvalue weighted by Crippen LogP contribution is -2.40. The molecule has 1 saturated heterocycles. The van der Waals surface area contributed by atoms with Crippen LogP contribution >= 0.6 is 0 Å². The summed E-state index contributed by atoms with van der Waals surface area (Å²) in [5.74, 6) is 0.580. The predicted molar refractivity (Wildman–Crippen MR) is 122 cm³/mol. The molecule has 9 heteroatoms. The summed E-state index contributed by atoms with van der Waals surface area (Å²) in [5, 5.41) is 2.78. The smallest absolute Gasteiger partial charge is 0.265 e. The second-order valence-electron chi connectivity index (χ2n) is 7.63. The minimum atomic E-state index is -3.71. The van der Waals surface area contributed by atoms with Crippen LogP contribution in [0.3, 0.4) is 0 Å². The third kappa shape index (κ3) is 5.40. The highest BCUT2D eigenvalue weighted by molar-refractivity contribution is 7.89. The van der Waals surface area contributed by atoms with Crippen LogP contribution in [0.15, 0.2) is 41.3 Å². The summed E-state index contributed by atoms with van der Waals surface area (Å²) in [5.41, 5.74) is 2.48. The molecule has 0 spiro atoms. The first kappa shape index (κ1) is 24.0. The number of morpholine rings is 1. The number of sulfonamides is 1. The van der Waals surface area contributed by atoms with E-state index in [1.54, 1.807) is 0 Å². The first-order valence-corrected chi connectivity index (χ1v) is 12.0. The molecule has 1 N–H and O–H groups in total. The van der Waals surface area contributed by atoms with Crippen molar-refractivity contribution < 1.29 is 27.4 Å². The van der Waals surface area contributed by atoms with Gasteiger partial charge in [-0.15, -0.1) is 0 Å². The molecule has 1 atom stereocenters. The summed E-state index contributed by atoms with van der Waals surface area (Å²) in [6.07, 6.45) is -0.311. The molecule has 174 valence electrons. The first-order chi connectivity index (χ1) is 15.3. The Balaban J connectivity index is 1.81. The van der Waals surface area contributed by atoms with Crippen LogP contribution in [-0.2, 0) is 19.6 Å². The number of benzene rings is 2. The third-order valence-corrected chi connectivity index (χ3v) is 7.35. The highest BCUT2D eigenvalue weighted by atomic mass is 32.2. The molecule has 0 aromatic heterocycles. The highest BCUT2D eigenvalue weighted by Crippen LogP contribution is 2.30. The Labute approximate surface area is 189 Å². The minimum Gasteiger partial charge on any atom is -0.495 e. The lowest BCUT2D eigenvalue weighted by Gasteiger charge is -2.26. The average Bonchev–Trinajstić information content (AvgIpc) is 2.80. The maximum absolute atomic E-state index is 13.0. The molecule has 2 aromatic carbocycles. The van der Waals surface area contributed by atoms with Gasteiger partial charge in [-0.25, -0.2) is 8.42 Å². The summed E-state index contributed by atoms with van der Waals surface area (Å²) < 4.78 is 43.9. The Hall–Kier alpha value is -2.62. The van der Waals surface area contributed by atoms with Gasteiger partial charge in [0, 0.05) is 13.1 Å². The Bertz CT molecular complexity index is 1060. The zero-order chi connectivity index (χ0) is 23.3. The Morgan fingerprint density at radius 2 is 1.84 bits per heavy atom. The van der Waals surface area contributed by atoms with E-state index < -0.39 is 16.1 Å². The SMILES string of the molecule is CC[C@H](Oc1ccc(C)c(C)c1)C(=O)Nc1cc(S(=O)(=O)N2CCOCC2)ccc1OC. The minimum absolute atomic E-state index is 0.0821. The van der Waals surface area contributed by atoms with Gasteiger partial charge < -0.3 is 19.5 Å². The fourth-order valence-electron chi connectivity index (χ4n) is 3.37. The zero-order valence-electron chi connectivity index (χ0n) is 18.9. The fraction of sp³-hybridized carbons (Fsp3) is 0.435. The summed E-state index contributed by atoms with van der Waals surface area (Å²) >= 11 is 0. The standard InChI is InChI=1S/C23H30N2O6S/c1-5-21(31-18-7-6-16(2)17(3)14-18)23(26)24-20-15-19(8-9-22(20)29-4)32(27,28)25-10-12-30-13-11-25/h6-9,14-15,21H,5,10-13H2,1-4H3,(H,24,26)/t21-/m0/s1. The largest absolute Gasteiger partial charge is 0.495 e. The quantitative estimate of drug-likeness (QED) is 0.648. The molecule has 0 bridgehead atoms.